The molecule has 0 spiro atoms. The van der Waals surface area contributed by atoms with Gasteiger partial charge in [0.05, 0.1) is 17.8 Å². The number of rotatable bonds is 3. The Morgan fingerprint density at radius 2 is 2.12 bits per heavy atom. The van der Waals surface area contributed by atoms with Crippen LogP contribution in [-0.2, 0) is 6.54 Å². The van der Waals surface area contributed by atoms with Crippen LogP contribution in [0.3, 0.4) is 0 Å². The number of benzene rings is 1. The third-order valence-electron chi connectivity index (χ3n) is 2.61. The molecule has 0 radical (unpaired) electrons. The van der Waals surface area contributed by atoms with E-state index in [0.717, 1.165) is 17.0 Å². The summed E-state index contributed by atoms with van der Waals surface area (Å²) in [5, 5.41) is 13.3. The van der Waals surface area contributed by atoms with Crippen molar-refractivity contribution < 1.29 is 9.90 Å². The van der Waals surface area contributed by atoms with Crippen molar-refractivity contribution in [2.75, 3.05) is 0 Å². The highest BCUT2D eigenvalue weighted by molar-refractivity contribution is 5.87. The van der Waals surface area contributed by atoms with Crippen molar-refractivity contribution in [1.82, 2.24) is 9.78 Å². The van der Waals surface area contributed by atoms with Crippen LogP contribution >= 0.6 is 0 Å². The number of aromatic nitrogens is 2. The molecule has 0 unspecified atom stereocenters. The minimum absolute atomic E-state index is 0.309. The van der Waals surface area contributed by atoms with E-state index >= 15 is 0 Å². The van der Waals surface area contributed by atoms with Crippen molar-refractivity contribution in [3.05, 3.63) is 52.8 Å². The largest absolute Gasteiger partial charge is 0.478 e. The Bertz CT molecular complexity index is 558. The molecule has 0 atom stereocenters. The first-order chi connectivity index (χ1) is 8.06. The second-order valence-electron chi connectivity index (χ2n) is 4.09. The molecule has 0 aliphatic rings. The highest BCUT2D eigenvalue weighted by atomic mass is 16.4. The fourth-order valence-corrected chi connectivity index (χ4v) is 1.81. The van der Waals surface area contributed by atoms with Crippen molar-refractivity contribution in [2.45, 2.75) is 20.4 Å². The van der Waals surface area contributed by atoms with E-state index < -0.39 is 5.97 Å². The summed E-state index contributed by atoms with van der Waals surface area (Å²) in [6.07, 6.45) is 0. The summed E-state index contributed by atoms with van der Waals surface area (Å²) in [6.45, 7) is 4.53. The minimum atomic E-state index is -0.903. The maximum atomic E-state index is 10.9. The van der Waals surface area contributed by atoms with Crippen LogP contribution < -0.4 is 0 Å². The van der Waals surface area contributed by atoms with Crippen LogP contribution in [0.5, 0.6) is 0 Å². The number of carboxylic acids is 1. The molecular weight excluding hydrogens is 216 g/mol. The van der Waals surface area contributed by atoms with Gasteiger partial charge in [-0.05, 0) is 37.6 Å². The van der Waals surface area contributed by atoms with Gasteiger partial charge in [0.1, 0.15) is 0 Å². The quantitative estimate of drug-likeness (QED) is 0.879. The zero-order chi connectivity index (χ0) is 12.4. The van der Waals surface area contributed by atoms with Gasteiger partial charge in [0.25, 0.3) is 0 Å². The van der Waals surface area contributed by atoms with Gasteiger partial charge in [-0.3, -0.25) is 4.68 Å². The second kappa shape index (κ2) is 4.41. The lowest BCUT2D eigenvalue weighted by Crippen LogP contribution is -2.05. The Morgan fingerprint density at radius 3 is 2.71 bits per heavy atom. The first-order valence-corrected chi connectivity index (χ1v) is 5.39. The van der Waals surface area contributed by atoms with Gasteiger partial charge in [-0.15, -0.1) is 0 Å². The number of aromatic carboxylic acids is 1. The topological polar surface area (TPSA) is 55.1 Å². The van der Waals surface area contributed by atoms with Crippen molar-refractivity contribution in [3.63, 3.8) is 0 Å². The molecule has 1 N–H and O–H groups in total. The molecule has 1 aromatic carbocycles. The average molecular weight is 230 g/mol. The summed E-state index contributed by atoms with van der Waals surface area (Å²) in [5.74, 6) is -0.903. The van der Waals surface area contributed by atoms with Crippen LogP contribution in [0.1, 0.15) is 27.3 Å². The molecule has 2 rings (SSSR count). The van der Waals surface area contributed by atoms with Gasteiger partial charge in [0, 0.05) is 5.69 Å². The predicted molar refractivity (Wildman–Crippen MR) is 64.2 cm³/mol. The van der Waals surface area contributed by atoms with Crippen LogP contribution in [0, 0.1) is 13.8 Å². The van der Waals surface area contributed by atoms with E-state index in [-0.39, 0.29) is 0 Å². The SMILES string of the molecule is Cc1cc(C)n(Cc2cccc(C(=O)O)c2)n1. The van der Waals surface area contributed by atoms with Crippen LogP contribution in [0.4, 0.5) is 0 Å². The number of hydrogen-bond acceptors (Lipinski definition) is 2. The van der Waals surface area contributed by atoms with Crippen LogP contribution in [-0.4, -0.2) is 20.9 Å². The summed E-state index contributed by atoms with van der Waals surface area (Å²) in [5.41, 5.74) is 3.29. The number of carboxylic acid groups (broad SMARTS) is 1. The first kappa shape index (κ1) is 11.4. The van der Waals surface area contributed by atoms with E-state index in [1.54, 1.807) is 18.2 Å². The highest BCUT2D eigenvalue weighted by Gasteiger charge is 2.05. The van der Waals surface area contributed by atoms with Gasteiger partial charge in [0.2, 0.25) is 0 Å². The fourth-order valence-electron chi connectivity index (χ4n) is 1.81. The molecule has 4 heteroatoms. The van der Waals surface area contributed by atoms with Gasteiger partial charge in [0.15, 0.2) is 0 Å². The molecule has 0 saturated heterocycles. The van der Waals surface area contributed by atoms with Crippen LogP contribution in [0.15, 0.2) is 30.3 Å². The number of carbonyl (C=O) groups is 1. The number of aryl methyl sites for hydroxylation is 2. The zero-order valence-corrected chi connectivity index (χ0v) is 9.84. The van der Waals surface area contributed by atoms with Crippen molar-refractivity contribution in [2.24, 2.45) is 0 Å². The molecule has 0 aliphatic carbocycles. The number of nitrogens with zero attached hydrogens (tertiary/aromatic N) is 2. The lowest BCUT2D eigenvalue weighted by atomic mass is 10.1. The molecule has 2 aromatic rings. The van der Waals surface area contributed by atoms with Crippen molar-refractivity contribution >= 4 is 5.97 Å². The Hall–Kier alpha value is -2.10. The summed E-state index contributed by atoms with van der Waals surface area (Å²) in [4.78, 5) is 10.9. The maximum Gasteiger partial charge on any atom is 0.335 e. The third kappa shape index (κ3) is 2.53. The summed E-state index contributed by atoms with van der Waals surface area (Å²) in [6, 6.07) is 8.93. The first-order valence-electron chi connectivity index (χ1n) is 5.39. The van der Waals surface area contributed by atoms with E-state index in [9.17, 15) is 4.79 Å². The Labute approximate surface area is 99.5 Å². The lowest BCUT2D eigenvalue weighted by molar-refractivity contribution is 0.0696. The normalized spacial score (nSPS) is 10.5. The predicted octanol–water partition coefficient (Wildman–Crippen LogP) is 2.25. The van der Waals surface area contributed by atoms with Gasteiger partial charge in [-0.25, -0.2) is 4.79 Å². The standard InChI is InChI=1S/C13H14N2O2/c1-9-6-10(2)15(14-9)8-11-4-3-5-12(7-11)13(16)17/h3-7H,8H2,1-2H3,(H,16,17). The Balaban J connectivity index is 2.27. The maximum absolute atomic E-state index is 10.9. The van der Waals surface area contributed by atoms with Gasteiger partial charge >= 0.3 is 5.97 Å². The smallest absolute Gasteiger partial charge is 0.335 e. The summed E-state index contributed by atoms with van der Waals surface area (Å²) >= 11 is 0. The molecule has 4 nitrogen and oxygen atoms in total. The Kier molecular flexibility index (Phi) is 2.95. The van der Waals surface area contributed by atoms with Crippen LogP contribution in [0.2, 0.25) is 0 Å². The van der Waals surface area contributed by atoms with Gasteiger partial charge in [-0.1, -0.05) is 12.1 Å². The van der Waals surface area contributed by atoms with Crippen LogP contribution in [0.25, 0.3) is 0 Å². The van der Waals surface area contributed by atoms with Crippen molar-refractivity contribution in [1.29, 1.82) is 0 Å². The molecule has 1 heterocycles. The highest BCUT2D eigenvalue weighted by Crippen LogP contribution is 2.09. The van der Waals surface area contributed by atoms with E-state index in [1.807, 2.05) is 30.7 Å². The Morgan fingerprint density at radius 1 is 1.35 bits per heavy atom. The van der Waals surface area contributed by atoms with Gasteiger partial charge in [-0.2, -0.15) is 5.10 Å². The lowest BCUT2D eigenvalue weighted by Gasteiger charge is -2.05. The molecule has 0 aliphatic heterocycles. The molecule has 17 heavy (non-hydrogen) atoms. The number of hydrogen-bond donors (Lipinski definition) is 1. The van der Waals surface area contributed by atoms with E-state index in [4.69, 9.17) is 5.11 Å². The minimum Gasteiger partial charge on any atom is -0.478 e. The fraction of sp³-hybridized carbons (Fsp3) is 0.231. The van der Waals surface area contributed by atoms with E-state index in [0.29, 0.717) is 12.1 Å². The monoisotopic (exact) mass is 230 g/mol. The van der Waals surface area contributed by atoms with E-state index in [1.165, 1.54) is 0 Å². The molecule has 0 fully saturated rings. The average Bonchev–Trinajstić information content (AvgIpc) is 2.58. The molecule has 1 aromatic heterocycles. The van der Waals surface area contributed by atoms with E-state index in [2.05, 4.69) is 5.10 Å². The molecule has 0 bridgehead atoms. The third-order valence-corrected chi connectivity index (χ3v) is 2.61. The second-order valence-corrected chi connectivity index (χ2v) is 4.09. The molecular formula is C13H14N2O2. The van der Waals surface area contributed by atoms with Gasteiger partial charge < -0.3 is 5.11 Å². The summed E-state index contributed by atoms with van der Waals surface area (Å²) < 4.78 is 1.87. The zero-order valence-electron chi connectivity index (χ0n) is 9.84. The summed E-state index contributed by atoms with van der Waals surface area (Å²) in [7, 11) is 0. The molecule has 0 saturated carbocycles. The molecule has 0 amide bonds. The molecule has 88 valence electrons. The van der Waals surface area contributed by atoms with Crippen molar-refractivity contribution in [3.8, 4) is 0 Å².